The third-order valence-electron chi connectivity index (χ3n) is 4.46. The summed E-state index contributed by atoms with van der Waals surface area (Å²) >= 11 is 1.80. The van der Waals surface area contributed by atoms with Gasteiger partial charge >= 0.3 is 0 Å². The van der Waals surface area contributed by atoms with E-state index in [-0.39, 0.29) is 11.9 Å². The minimum atomic E-state index is 0.00654. The van der Waals surface area contributed by atoms with Gasteiger partial charge in [0.25, 0.3) is 0 Å². The van der Waals surface area contributed by atoms with Gasteiger partial charge in [0.05, 0.1) is 13.2 Å². The summed E-state index contributed by atoms with van der Waals surface area (Å²) in [4.78, 5) is 14.6. The molecular weight excluding hydrogens is 284 g/mol. The molecule has 3 rings (SSSR count). The Bertz CT molecular complexity index is 500. The summed E-state index contributed by atoms with van der Waals surface area (Å²) in [6.07, 6.45) is 1.04. The van der Waals surface area contributed by atoms with Gasteiger partial charge in [0.2, 0.25) is 5.91 Å². The Kier molecular flexibility index (Phi) is 4.40. The van der Waals surface area contributed by atoms with Crippen molar-refractivity contribution in [1.29, 1.82) is 0 Å². The Morgan fingerprint density at radius 1 is 1.38 bits per heavy atom. The third-order valence-corrected chi connectivity index (χ3v) is 5.40. The van der Waals surface area contributed by atoms with Gasteiger partial charge in [0.1, 0.15) is 5.75 Å². The second-order valence-electron chi connectivity index (χ2n) is 5.82. The molecule has 114 valence electrons. The molecule has 1 N–H and O–H groups in total. The number of hydrogen-bond donors (Lipinski definition) is 1. The van der Waals surface area contributed by atoms with Gasteiger partial charge < -0.3 is 9.64 Å². The quantitative estimate of drug-likeness (QED) is 0.928. The molecule has 1 amide bonds. The zero-order valence-electron chi connectivity index (χ0n) is 12.5. The van der Waals surface area contributed by atoms with Crippen molar-refractivity contribution in [3.63, 3.8) is 0 Å². The fourth-order valence-corrected chi connectivity index (χ4v) is 4.14. The molecule has 0 spiro atoms. The van der Waals surface area contributed by atoms with E-state index in [0.29, 0.717) is 12.0 Å². The number of carbonyl (C=O) groups is 1. The Morgan fingerprint density at radius 2 is 2.14 bits per heavy atom. The van der Waals surface area contributed by atoms with Gasteiger partial charge in [0.15, 0.2) is 0 Å². The highest BCUT2D eigenvalue weighted by Gasteiger charge is 2.37. The molecule has 0 radical (unpaired) electrons. The predicted molar refractivity (Wildman–Crippen MR) is 85.8 cm³/mol. The molecular formula is C16H22N2O2S. The van der Waals surface area contributed by atoms with E-state index in [4.69, 9.17) is 4.74 Å². The lowest BCUT2D eigenvalue weighted by Crippen LogP contribution is -2.46. The first-order chi connectivity index (χ1) is 10.2. The van der Waals surface area contributed by atoms with Gasteiger partial charge in [-0.3, -0.25) is 10.1 Å². The number of amides is 1. The average molecular weight is 306 g/mol. The van der Waals surface area contributed by atoms with Crippen molar-refractivity contribution in [1.82, 2.24) is 10.2 Å². The first-order valence-corrected chi connectivity index (χ1v) is 8.60. The van der Waals surface area contributed by atoms with Crippen LogP contribution in [0.15, 0.2) is 24.3 Å². The molecule has 1 aromatic rings. The summed E-state index contributed by atoms with van der Waals surface area (Å²) in [7, 11) is 1.68. The molecule has 21 heavy (non-hydrogen) atoms. The van der Waals surface area contributed by atoms with Gasteiger partial charge in [-0.2, -0.15) is 0 Å². The molecule has 5 heteroatoms. The molecule has 0 aliphatic carbocycles. The first kappa shape index (κ1) is 14.7. The van der Waals surface area contributed by atoms with Crippen LogP contribution in [-0.2, 0) is 4.79 Å². The van der Waals surface area contributed by atoms with E-state index in [0.717, 1.165) is 30.3 Å². The molecule has 0 unspecified atom stereocenters. The lowest BCUT2D eigenvalue weighted by Gasteiger charge is -2.24. The van der Waals surface area contributed by atoms with Crippen LogP contribution in [0.4, 0.5) is 0 Å². The smallest absolute Gasteiger partial charge is 0.240 e. The van der Waals surface area contributed by atoms with Crippen molar-refractivity contribution in [3.05, 3.63) is 29.8 Å². The molecule has 2 saturated heterocycles. The van der Waals surface area contributed by atoms with E-state index in [1.807, 2.05) is 12.1 Å². The third kappa shape index (κ3) is 3.04. The number of rotatable bonds is 3. The van der Waals surface area contributed by atoms with E-state index >= 15 is 0 Å². The van der Waals surface area contributed by atoms with Gasteiger partial charge in [-0.15, -0.1) is 11.8 Å². The number of benzene rings is 1. The number of methoxy groups -OCH3 is 1. The highest BCUT2D eigenvalue weighted by atomic mass is 32.2. The maximum atomic E-state index is 12.6. The fraction of sp³-hybridized carbons (Fsp3) is 0.562. The molecule has 4 nitrogen and oxygen atoms in total. The lowest BCUT2D eigenvalue weighted by atomic mass is 9.97. The number of thioether (sulfide) groups is 1. The van der Waals surface area contributed by atoms with E-state index in [1.165, 1.54) is 5.56 Å². The zero-order valence-corrected chi connectivity index (χ0v) is 13.4. The van der Waals surface area contributed by atoms with Gasteiger partial charge in [0, 0.05) is 30.1 Å². The maximum Gasteiger partial charge on any atom is 0.240 e. The standard InChI is InChI=1S/C16H22N2O2S/c1-11-7-13(12-3-5-14(20-2)6-4-12)8-18(11)16(19)15-9-21-10-17-15/h3-6,11,13,15,17H,7-10H2,1-2H3/t11-,13-,15+/m1/s1. The minimum Gasteiger partial charge on any atom is -0.497 e. The van der Waals surface area contributed by atoms with Crippen LogP contribution in [0.5, 0.6) is 5.75 Å². The van der Waals surface area contributed by atoms with Crippen molar-refractivity contribution < 1.29 is 9.53 Å². The van der Waals surface area contributed by atoms with E-state index < -0.39 is 0 Å². The number of nitrogens with one attached hydrogen (secondary N) is 1. The van der Waals surface area contributed by atoms with Crippen molar-refractivity contribution >= 4 is 17.7 Å². The second-order valence-corrected chi connectivity index (χ2v) is 6.85. The molecule has 0 aromatic heterocycles. The topological polar surface area (TPSA) is 41.6 Å². The molecule has 0 saturated carbocycles. The van der Waals surface area contributed by atoms with Crippen LogP contribution in [0.2, 0.25) is 0 Å². The van der Waals surface area contributed by atoms with Crippen LogP contribution in [0.1, 0.15) is 24.8 Å². The van der Waals surface area contributed by atoms with Crippen molar-refractivity contribution in [3.8, 4) is 5.75 Å². The molecule has 3 atom stereocenters. The number of ether oxygens (including phenoxy) is 1. The van der Waals surface area contributed by atoms with Crippen LogP contribution >= 0.6 is 11.8 Å². The normalized spacial score (nSPS) is 28.9. The lowest BCUT2D eigenvalue weighted by molar-refractivity contribution is -0.133. The summed E-state index contributed by atoms with van der Waals surface area (Å²) in [5.74, 6) is 3.37. The van der Waals surface area contributed by atoms with Crippen LogP contribution in [0, 0.1) is 0 Å². The maximum absolute atomic E-state index is 12.6. The van der Waals surface area contributed by atoms with Crippen molar-refractivity contribution in [2.45, 2.75) is 31.3 Å². The molecule has 2 fully saturated rings. The minimum absolute atomic E-state index is 0.00654. The Labute approximate surface area is 130 Å². The number of hydrogen-bond acceptors (Lipinski definition) is 4. The largest absolute Gasteiger partial charge is 0.497 e. The second kappa shape index (κ2) is 6.28. The van der Waals surface area contributed by atoms with Gasteiger partial charge in [-0.25, -0.2) is 0 Å². The predicted octanol–water partition coefficient (Wildman–Crippen LogP) is 2.06. The highest BCUT2D eigenvalue weighted by molar-refractivity contribution is 7.99. The van der Waals surface area contributed by atoms with Crippen molar-refractivity contribution in [2.24, 2.45) is 0 Å². The van der Waals surface area contributed by atoms with E-state index in [1.54, 1.807) is 18.9 Å². The molecule has 0 bridgehead atoms. The summed E-state index contributed by atoms with van der Waals surface area (Å²) in [5.41, 5.74) is 1.30. The number of likely N-dealkylation sites (tertiary alicyclic amines) is 1. The monoisotopic (exact) mass is 306 g/mol. The van der Waals surface area contributed by atoms with Crippen LogP contribution in [0.25, 0.3) is 0 Å². The van der Waals surface area contributed by atoms with Crippen LogP contribution < -0.4 is 10.1 Å². The average Bonchev–Trinajstić information content (AvgIpc) is 3.16. The van der Waals surface area contributed by atoms with Gasteiger partial charge in [-0.05, 0) is 31.0 Å². The molecule has 1 aromatic carbocycles. The first-order valence-electron chi connectivity index (χ1n) is 7.44. The summed E-state index contributed by atoms with van der Waals surface area (Å²) in [6.45, 7) is 2.98. The Balaban J connectivity index is 1.68. The van der Waals surface area contributed by atoms with Crippen LogP contribution in [-0.4, -0.2) is 48.2 Å². The van der Waals surface area contributed by atoms with Crippen molar-refractivity contribution in [2.75, 3.05) is 25.3 Å². The zero-order chi connectivity index (χ0) is 14.8. The van der Waals surface area contributed by atoms with E-state index in [9.17, 15) is 4.79 Å². The molecule has 2 heterocycles. The molecule has 2 aliphatic rings. The van der Waals surface area contributed by atoms with E-state index in [2.05, 4.69) is 29.3 Å². The Morgan fingerprint density at radius 3 is 2.76 bits per heavy atom. The Hall–Kier alpha value is -1.20. The summed E-state index contributed by atoms with van der Waals surface area (Å²) in [5, 5.41) is 3.28. The highest BCUT2D eigenvalue weighted by Crippen LogP contribution is 2.33. The summed E-state index contributed by atoms with van der Waals surface area (Å²) in [6, 6.07) is 8.56. The molecule has 2 aliphatic heterocycles. The fourth-order valence-electron chi connectivity index (χ4n) is 3.21. The van der Waals surface area contributed by atoms with Crippen LogP contribution in [0.3, 0.4) is 0 Å². The SMILES string of the molecule is COc1ccc([C@@H]2C[C@@H](C)N(C(=O)[C@@H]3CSCN3)C2)cc1. The van der Waals surface area contributed by atoms with Gasteiger partial charge in [-0.1, -0.05) is 12.1 Å². The number of carbonyl (C=O) groups excluding carboxylic acids is 1. The summed E-state index contributed by atoms with van der Waals surface area (Å²) < 4.78 is 5.20. The number of nitrogens with zero attached hydrogens (tertiary/aromatic N) is 1.